The maximum Gasteiger partial charge on any atom is 0.0228 e. The Morgan fingerprint density at radius 2 is 1.82 bits per heavy atom. The fourth-order valence-electron chi connectivity index (χ4n) is 1.40. The lowest BCUT2D eigenvalue weighted by Gasteiger charge is -2.36. The lowest BCUT2D eigenvalue weighted by Crippen LogP contribution is -2.29. The molecule has 11 heavy (non-hydrogen) atoms. The minimum atomic E-state index is 0.314. The molecule has 0 radical (unpaired) electrons. The predicted molar refractivity (Wildman–Crippen MR) is 51.2 cm³/mol. The molecule has 2 unspecified atom stereocenters. The maximum absolute atomic E-state index is 5.42. The Balaban J connectivity index is 4.48. The van der Waals surface area contributed by atoms with E-state index in [0.717, 1.165) is 6.42 Å². The first kappa shape index (κ1) is 10.6. The van der Waals surface area contributed by atoms with Crippen LogP contribution in [-0.2, 0) is 0 Å². The van der Waals surface area contributed by atoms with Crippen LogP contribution >= 0.6 is 0 Å². The third-order valence-electron chi connectivity index (χ3n) is 3.32. The summed E-state index contributed by atoms with van der Waals surface area (Å²) in [6.07, 6.45) is 6.58. The van der Waals surface area contributed by atoms with Gasteiger partial charge in [-0.1, -0.05) is 34.6 Å². The summed E-state index contributed by atoms with van der Waals surface area (Å²) in [5, 5.41) is 0. The molecule has 0 aliphatic carbocycles. The van der Waals surface area contributed by atoms with Gasteiger partial charge >= 0.3 is 0 Å². The molecule has 0 saturated heterocycles. The first-order chi connectivity index (χ1) is 4.99. The van der Waals surface area contributed by atoms with E-state index in [2.05, 4.69) is 40.5 Å². The van der Waals surface area contributed by atoms with Gasteiger partial charge in [0.1, 0.15) is 0 Å². The zero-order chi connectivity index (χ0) is 9.07. The molecule has 64 valence electrons. The average molecular weight is 152 g/mol. The Hall–Kier alpha value is -0.440. The Bertz CT molecular complexity index is 150. The third-order valence-corrected chi connectivity index (χ3v) is 3.32. The molecular weight excluding hydrogens is 132 g/mol. The minimum Gasteiger partial charge on any atom is -0.120 e. The molecule has 0 spiro atoms. The fraction of sp³-hybridized carbons (Fsp3) is 0.818. The van der Waals surface area contributed by atoms with E-state index < -0.39 is 0 Å². The van der Waals surface area contributed by atoms with Crippen molar-refractivity contribution in [2.45, 2.75) is 41.0 Å². The highest BCUT2D eigenvalue weighted by Gasteiger charge is 2.31. The summed E-state index contributed by atoms with van der Waals surface area (Å²) in [4.78, 5) is 0. The zero-order valence-electron chi connectivity index (χ0n) is 8.44. The van der Waals surface area contributed by atoms with Crippen LogP contribution in [0.3, 0.4) is 0 Å². The summed E-state index contributed by atoms with van der Waals surface area (Å²) in [6, 6.07) is 0. The van der Waals surface area contributed by atoms with Crippen LogP contribution in [-0.4, -0.2) is 0 Å². The number of terminal acetylenes is 1. The van der Waals surface area contributed by atoms with Crippen LogP contribution in [0, 0.1) is 29.6 Å². The third kappa shape index (κ3) is 1.99. The van der Waals surface area contributed by atoms with Crippen molar-refractivity contribution < 1.29 is 0 Å². The van der Waals surface area contributed by atoms with Gasteiger partial charge in [0, 0.05) is 5.92 Å². The molecule has 0 aliphatic rings. The number of rotatable bonds is 3. The van der Waals surface area contributed by atoms with Crippen LogP contribution in [0.15, 0.2) is 0 Å². The van der Waals surface area contributed by atoms with Gasteiger partial charge in [-0.3, -0.25) is 0 Å². The van der Waals surface area contributed by atoms with E-state index in [9.17, 15) is 0 Å². The highest BCUT2D eigenvalue weighted by molar-refractivity contribution is 5.00. The monoisotopic (exact) mass is 152 g/mol. The van der Waals surface area contributed by atoms with Crippen LogP contribution in [0.1, 0.15) is 41.0 Å². The quantitative estimate of drug-likeness (QED) is 0.544. The standard InChI is InChI=1S/C11H20/c1-7-10(5)11(6,8-2)9(3)4/h1,9-10H,8H2,2-6H3. The molecule has 0 heteroatoms. The second-order valence-electron chi connectivity index (χ2n) is 3.90. The van der Waals surface area contributed by atoms with Gasteiger partial charge in [-0.05, 0) is 17.8 Å². The molecule has 0 fully saturated rings. The van der Waals surface area contributed by atoms with E-state index in [1.807, 2.05) is 0 Å². The van der Waals surface area contributed by atoms with E-state index >= 15 is 0 Å². The lowest BCUT2D eigenvalue weighted by atomic mass is 9.68. The van der Waals surface area contributed by atoms with Crippen LogP contribution in [0.4, 0.5) is 0 Å². The molecule has 0 bridgehead atoms. The molecule has 0 amide bonds. The summed E-state index contributed by atoms with van der Waals surface area (Å²) in [7, 11) is 0. The van der Waals surface area contributed by atoms with E-state index in [1.165, 1.54) is 0 Å². The summed E-state index contributed by atoms with van der Waals surface area (Å²) in [5.41, 5.74) is 0.314. The topological polar surface area (TPSA) is 0 Å². The van der Waals surface area contributed by atoms with Gasteiger partial charge in [0.2, 0.25) is 0 Å². The summed E-state index contributed by atoms with van der Waals surface area (Å²) < 4.78 is 0. The molecule has 0 N–H and O–H groups in total. The number of hydrogen-bond acceptors (Lipinski definition) is 0. The van der Waals surface area contributed by atoms with Crippen molar-refractivity contribution in [3.05, 3.63) is 0 Å². The molecule has 0 heterocycles. The lowest BCUT2D eigenvalue weighted by molar-refractivity contribution is 0.155. The highest BCUT2D eigenvalue weighted by atomic mass is 14.3. The molecular formula is C11H20. The van der Waals surface area contributed by atoms with E-state index in [0.29, 0.717) is 17.3 Å². The first-order valence-electron chi connectivity index (χ1n) is 4.45. The van der Waals surface area contributed by atoms with Crippen LogP contribution in [0.25, 0.3) is 0 Å². The maximum atomic E-state index is 5.42. The Labute approximate surface area is 71.4 Å². The Morgan fingerprint density at radius 1 is 1.36 bits per heavy atom. The summed E-state index contributed by atoms with van der Waals surface area (Å²) in [6.45, 7) is 11.1. The molecule has 2 atom stereocenters. The Kier molecular flexibility index (Phi) is 3.66. The largest absolute Gasteiger partial charge is 0.120 e. The fourth-order valence-corrected chi connectivity index (χ4v) is 1.40. The van der Waals surface area contributed by atoms with E-state index in [1.54, 1.807) is 0 Å². The van der Waals surface area contributed by atoms with Crippen molar-refractivity contribution in [3.63, 3.8) is 0 Å². The molecule has 0 aromatic carbocycles. The molecule has 0 aliphatic heterocycles. The smallest absolute Gasteiger partial charge is 0.0228 e. The van der Waals surface area contributed by atoms with Crippen LogP contribution < -0.4 is 0 Å². The van der Waals surface area contributed by atoms with Crippen molar-refractivity contribution in [2.75, 3.05) is 0 Å². The van der Waals surface area contributed by atoms with Crippen molar-refractivity contribution in [1.29, 1.82) is 0 Å². The van der Waals surface area contributed by atoms with Gasteiger partial charge in [-0.15, -0.1) is 12.3 Å². The van der Waals surface area contributed by atoms with Gasteiger partial charge < -0.3 is 0 Å². The molecule has 0 aromatic heterocycles. The first-order valence-corrected chi connectivity index (χ1v) is 4.45. The van der Waals surface area contributed by atoms with Crippen molar-refractivity contribution in [3.8, 4) is 12.3 Å². The molecule has 0 aromatic rings. The van der Waals surface area contributed by atoms with Gasteiger partial charge in [-0.2, -0.15) is 0 Å². The SMILES string of the molecule is C#CC(C)C(C)(CC)C(C)C. The van der Waals surface area contributed by atoms with Crippen molar-refractivity contribution >= 4 is 0 Å². The van der Waals surface area contributed by atoms with Crippen LogP contribution in [0.5, 0.6) is 0 Å². The van der Waals surface area contributed by atoms with Gasteiger partial charge in [0.05, 0.1) is 0 Å². The van der Waals surface area contributed by atoms with E-state index in [-0.39, 0.29) is 0 Å². The van der Waals surface area contributed by atoms with Crippen molar-refractivity contribution in [2.24, 2.45) is 17.3 Å². The Morgan fingerprint density at radius 3 is 1.91 bits per heavy atom. The number of hydrogen-bond donors (Lipinski definition) is 0. The highest BCUT2D eigenvalue weighted by Crippen LogP contribution is 2.38. The zero-order valence-corrected chi connectivity index (χ0v) is 8.44. The second kappa shape index (κ2) is 3.81. The second-order valence-corrected chi connectivity index (χ2v) is 3.90. The van der Waals surface area contributed by atoms with Gasteiger partial charge in [0.25, 0.3) is 0 Å². The van der Waals surface area contributed by atoms with Gasteiger partial charge in [-0.25, -0.2) is 0 Å². The summed E-state index contributed by atoms with van der Waals surface area (Å²) in [5.74, 6) is 3.89. The predicted octanol–water partition coefficient (Wildman–Crippen LogP) is 3.33. The van der Waals surface area contributed by atoms with Gasteiger partial charge in [0.15, 0.2) is 0 Å². The summed E-state index contributed by atoms with van der Waals surface area (Å²) >= 11 is 0. The normalized spacial score (nSPS) is 19.0. The van der Waals surface area contributed by atoms with Crippen molar-refractivity contribution in [1.82, 2.24) is 0 Å². The average Bonchev–Trinajstić information content (AvgIpc) is 2.01. The molecule has 0 nitrogen and oxygen atoms in total. The van der Waals surface area contributed by atoms with E-state index in [4.69, 9.17) is 6.42 Å². The van der Waals surface area contributed by atoms with Crippen LogP contribution in [0.2, 0.25) is 0 Å². The molecule has 0 saturated carbocycles. The molecule has 0 rings (SSSR count). The minimum absolute atomic E-state index is 0.314.